The molecule has 0 N–H and O–H groups in total. The summed E-state index contributed by atoms with van der Waals surface area (Å²) in [6, 6.07) is 0. The Bertz CT molecular complexity index is 101. The van der Waals surface area contributed by atoms with Crippen molar-refractivity contribution in [2.45, 2.75) is 6.92 Å². The number of thioether (sulfide) groups is 1. The highest BCUT2D eigenvalue weighted by molar-refractivity contribution is 8.02. The van der Waals surface area contributed by atoms with E-state index in [-0.39, 0.29) is 5.97 Å². The van der Waals surface area contributed by atoms with Crippen LogP contribution in [-0.2, 0) is 9.53 Å². The lowest BCUT2D eigenvalue weighted by molar-refractivity contribution is -0.140. The molecule has 0 rings (SSSR count). The Morgan fingerprint density at radius 1 is 1.89 bits per heavy atom. The number of carbonyl (C=O) groups excluding carboxylic acids is 1. The summed E-state index contributed by atoms with van der Waals surface area (Å²) in [5.41, 5.74) is 0. The highest BCUT2D eigenvalue weighted by atomic mass is 32.2. The van der Waals surface area contributed by atoms with Gasteiger partial charge in [0.25, 0.3) is 0 Å². The van der Waals surface area contributed by atoms with Crippen molar-refractivity contribution in [3.63, 3.8) is 0 Å². The molecule has 0 aromatic rings. The van der Waals surface area contributed by atoms with Crippen molar-refractivity contribution in [1.29, 1.82) is 0 Å². The smallest absolute Gasteiger partial charge is 0.302 e. The maximum atomic E-state index is 10.1. The molecule has 0 saturated carbocycles. The molecule has 0 amide bonds. The molecular weight excluding hydrogens is 136 g/mol. The maximum Gasteiger partial charge on any atom is 0.302 e. The Morgan fingerprint density at radius 2 is 2.56 bits per heavy atom. The van der Waals surface area contributed by atoms with E-state index in [1.165, 1.54) is 18.7 Å². The number of rotatable bonds is 4. The molecule has 0 atom stereocenters. The van der Waals surface area contributed by atoms with Gasteiger partial charge in [-0.15, -0.1) is 11.8 Å². The minimum Gasteiger partial charge on any atom is -0.465 e. The molecule has 0 fully saturated rings. The van der Waals surface area contributed by atoms with Gasteiger partial charge in [-0.2, -0.15) is 0 Å². The Morgan fingerprint density at radius 3 is 3.00 bits per heavy atom. The third-order valence-corrected chi connectivity index (χ3v) is 1.26. The minimum absolute atomic E-state index is 0.223. The topological polar surface area (TPSA) is 26.3 Å². The molecule has 0 aromatic carbocycles. The predicted octanol–water partition coefficient (Wildman–Crippen LogP) is 1.43. The van der Waals surface area contributed by atoms with Crippen LogP contribution >= 0.6 is 11.8 Å². The van der Waals surface area contributed by atoms with Crippen LogP contribution in [0.5, 0.6) is 0 Å². The summed E-state index contributed by atoms with van der Waals surface area (Å²) < 4.78 is 4.64. The van der Waals surface area contributed by atoms with Gasteiger partial charge in [-0.25, -0.2) is 0 Å². The zero-order valence-electron chi connectivity index (χ0n) is 5.42. The van der Waals surface area contributed by atoms with Gasteiger partial charge in [0.2, 0.25) is 0 Å². The van der Waals surface area contributed by atoms with Crippen LogP contribution in [0.2, 0.25) is 0 Å². The second-order valence-corrected chi connectivity index (χ2v) is 2.45. The molecule has 0 aromatic heterocycles. The minimum atomic E-state index is -0.223. The van der Waals surface area contributed by atoms with E-state index < -0.39 is 0 Å². The predicted molar refractivity (Wildman–Crippen MR) is 39.3 cm³/mol. The van der Waals surface area contributed by atoms with Gasteiger partial charge in [-0.1, -0.05) is 6.58 Å². The number of hydrogen-bond donors (Lipinski definition) is 0. The molecule has 0 bridgehead atoms. The summed E-state index contributed by atoms with van der Waals surface area (Å²) in [5.74, 6) is 0.572. The Balaban J connectivity index is 2.91. The summed E-state index contributed by atoms with van der Waals surface area (Å²) in [7, 11) is 0. The first-order valence-corrected chi connectivity index (χ1v) is 3.68. The van der Waals surface area contributed by atoms with E-state index in [1.54, 1.807) is 5.41 Å². The Kier molecular flexibility index (Phi) is 5.41. The Hall–Kier alpha value is -0.440. The molecule has 0 heterocycles. The fourth-order valence-electron chi connectivity index (χ4n) is 0.317. The van der Waals surface area contributed by atoms with Crippen LogP contribution in [-0.4, -0.2) is 18.3 Å². The van der Waals surface area contributed by atoms with Crippen molar-refractivity contribution in [3.05, 3.63) is 12.0 Å². The molecule has 3 heteroatoms. The van der Waals surface area contributed by atoms with Crippen LogP contribution in [0.4, 0.5) is 0 Å². The first-order chi connectivity index (χ1) is 4.27. The van der Waals surface area contributed by atoms with Crippen molar-refractivity contribution in [2.24, 2.45) is 0 Å². The molecule has 0 aliphatic rings. The number of ether oxygens (including phenoxy) is 1. The van der Waals surface area contributed by atoms with Crippen molar-refractivity contribution in [3.8, 4) is 0 Å². The number of esters is 1. The van der Waals surface area contributed by atoms with Crippen molar-refractivity contribution in [2.75, 3.05) is 12.4 Å². The van der Waals surface area contributed by atoms with Crippen LogP contribution in [0, 0.1) is 0 Å². The molecule has 0 aliphatic heterocycles. The van der Waals surface area contributed by atoms with E-state index in [0.717, 1.165) is 5.75 Å². The van der Waals surface area contributed by atoms with Crippen molar-refractivity contribution >= 4 is 17.7 Å². The average Bonchev–Trinajstić information content (AvgIpc) is 1.80. The zero-order chi connectivity index (χ0) is 7.11. The van der Waals surface area contributed by atoms with Crippen LogP contribution in [0.25, 0.3) is 0 Å². The van der Waals surface area contributed by atoms with Crippen LogP contribution in [0.1, 0.15) is 6.92 Å². The lowest BCUT2D eigenvalue weighted by Gasteiger charge is -1.96. The quantitative estimate of drug-likeness (QED) is 0.443. The monoisotopic (exact) mass is 146 g/mol. The van der Waals surface area contributed by atoms with Crippen LogP contribution in [0.15, 0.2) is 12.0 Å². The largest absolute Gasteiger partial charge is 0.465 e. The highest BCUT2D eigenvalue weighted by Crippen LogP contribution is 1.98. The fraction of sp³-hybridized carbons (Fsp3) is 0.500. The number of hydrogen-bond acceptors (Lipinski definition) is 3. The van der Waals surface area contributed by atoms with Gasteiger partial charge < -0.3 is 4.74 Å². The average molecular weight is 146 g/mol. The van der Waals surface area contributed by atoms with Gasteiger partial charge in [0.1, 0.15) is 6.61 Å². The SMILES string of the molecule is C=CSCCOC(C)=O. The standard InChI is InChI=1S/C6H10O2S/c1-3-9-5-4-8-6(2)7/h3H,1,4-5H2,2H3. The molecule has 0 radical (unpaired) electrons. The van der Waals surface area contributed by atoms with Gasteiger partial charge >= 0.3 is 5.97 Å². The van der Waals surface area contributed by atoms with Gasteiger partial charge in [0.15, 0.2) is 0 Å². The highest BCUT2D eigenvalue weighted by Gasteiger charge is 1.89. The lowest BCUT2D eigenvalue weighted by Crippen LogP contribution is -2.01. The zero-order valence-corrected chi connectivity index (χ0v) is 6.24. The third-order valence-electron chi connectivity index (χ3n) is 0.624. The molecular formula is C6H10O2S. The van der Waals surface area contributed by atoms with E-state index in [2.05, 4.69) is 11.3 Å². The molecule has 52 valence electrons. The number of carbonyl (C=O) groups is 1. The third kappa shape index (κ3) is 7.56. The fourth-order valence-corrected chi connectivity index (χ4v) is 0.663. The van der Waals surface area contributed by atoms with E-state index >= 15 is 0 Å². The van der Waals surface area contributed by atoms with Gasteiger partial charge in [-0.3, -0.25) is 4.79 Å². The van der Waals surface area contributed by atoms with E-state index in [0.29, 0.717) is 6.61 Å². The first kappa shape index (κ1) is 8.56. The van der Waals surface area contributed by atoms with Crippen molar-refractivity contribution in [1.82, 2.24) is 0 Å². The van der Waals surface area contributed by atoms with Crippen LogP contribution in [0.3, 0.4) is 0 Å². The van der Waals surface area contributed by atoms with Gasteiger partial charge in [-0.05, 0) is 5.41 Å². The molecule has 0 saturated heterocycles. The van der Waals surface area contributed by atoms with E-state index in [4.69, 9.17) is 0 Å². The van der Waals surface area contributed by atoms with Crippen molar-refractivity contribution < 1.29 is 9.53 Å². The second kappa shape index (κ2) is 5.69. The van der Waals surface area contributed by atoms with Gasteiger partial charge in [0, 0.05) is 12.7 Å². The maximum absolute atomic E-state index is 10.1. The molecule has 0 unspecified atom stereocenters. The summed E-state index contributed by atoms with van der Waals surface area (Å²) in [6.07, 6.45) is 0. The van der Waals surface area contributed by atoms with Crippen LogP contribution < -0.4 is 0 Å². The normalized spacial score (nSPS) is 8.56. The molecule has 0 spiro atoms. The molecule has 0 aliphatic carbocycles. The van der Waals surface area contributed by atoms with Gasteiger partial charge in [0.05, 0.1) is 0 Å². The van der Waals surface area contributed by atoms with E-state index in [1.807, 2.05) is 0 Å². The summed E-state index contributed by atoms with van der Waals surface area (Å²) in [4.78, 5) is 10.1. The lowest BCUT2D eigenvalue weighted by atomic mass is 10.8. The summed E-state index contributed by atoms with van der Waals surface area (Å²) in [6.45, 7) is 5.38. The summed E-state index contributed by atoms with van der Waals surface area (Å²) >= 11 is 1.54. The molecule has 9 heavy (non-hydrogen) atoms. The van der Waals surface area contributed by atoms with E-state index in [9.17, 15) is 4.79 Å². The molecule has 2 nitrogen and oxygen atoms in total. The Labute approximate surface area is 59.3 Å². The summed E-state index contributed by atoms with van der Waals surface area (Å²) in [5, 5.41) is 1.73. The first-order valence-electron chi connectivity index (χ1n) is 2.63. The second-order valence-electron chi connectivity index (χ2n) is 1.38.